The second-order valence-corrected chi connectivity index (χ2v) is 11.9. The Labute approximate surface area is 277 Å². The maximum Gasteiger partial charge on any atom is 0.326 e. The van der Waals surface area contributed by atoms with Crippen LogP contribution < -0.4 is 37.6 Å². The second kappa shape index (κ2) is 20.4. The summed E-state index contributed by atoms with van der Waals surface area (Å²) in [4.78, 5) is 87.9. The Morgan fingerprint density at radius 3 is 1.27 bits per heavy atom. The minimum Gasteiger partial charge on any atom is -0.480 e. The van der Waals surface area contributed by atoms with Gasteiger partial charge in [0.25, 0.3) is 0 Å². The molecule has 0 aromatic carbocycles. The minimum absolute atomic E-state index is 0.0760. The van der Waals surface area contributed by atoms with Gasteiger partial charge in [-0.1, -0.05) is 13.8 Å². The van der Waals surface area contributed by atoms with Crippen LogP contribution in [0.15, 0.2) is 0 Å². The first kappa shape index (κ1) is 44.0. The lowest BCUT2D eigenvalue weighted by molar-refractivity contribution is -0.142. The molecule has 0 aliphatic carbocycles. The molecule has 20 nitrogen and oxygen atoms in total. The number of carbonyl (C=O) groups is 7. The molecule has 0 heterocycles. The first-order valence-electron chi connectivity index (χ1n) is 15.2. The monoisotopic (exact) mass is 693 g/mol. The molecule has 48 heavy (non-hydrogen) atoms. The van der Waals surface area contributed by atoms with E-state index in [-0.39, 0.29) is 12.3 Å². The zero-order valence-electron chi connectivity index (χ0n) is 28.0. The van der Waals surface area contributed by atoms with Gasteiger partial charge in [0, 0.05) is 0 Å². The number of hydrogen-bond acceptors (Lipinski definition) is 13. The fourth-order valence-electron chi connectivity index (χ4n) is 4.00. The number of nitrogens with two attached hydrogens (primary N) is 1. The molecule has 0 saturated heterocycles. The van der Waals surface area contributed by atoms with Crippen molar-refractivity contribution in [1.29, 1.82) is 0 Å². The molecule has 20 heteroatoms. The van der Waals surface area contributed by atoms with Crippen molar-refractivity contribution in [3.8, 4) is 0 Å². The Bertz CT molecular complexity index is 1130. The van der Waals surface area contributed by atoms with Gasteiger partial charge in [0.1, 0.15) is 42.3 Å². The summed E-state index contributed by atoms with van der Waals surface area (Å²) in [5, 5.41) is 72.0. The van der Waals surface area contributed by atoms with E-state index in [1.807, 2.05) is 0 Å². The molecule has 14 N–H and O–H groups in total. The number of rotatable bonds is 20. The summed E-state index contributed by atoms with van der Waals surface area (Å²) >= 11 is 0. The third-order valence-electron chi connectivity index (χ3n) is 6.90. The highest BCUT2D eigenvalue weighted by atomic mass is 16.4. The zero-order chi connectivity index (χ0) is 37.6. The van der Waals surface area contributed by atoms with E-state index in [0.717, 1.165) is 20.8 Å². The van der Waals surface area contributed by atoms with Crippen LogP contribution in [0.5, 0.6) is 0 Å². The summed E-state index contributed by atoms with van der Waals surface area (Å²) in [5.41, 5.74) is 5.54. The van der Waals surface area contributed by atoms with E-state index in [4.69, 9.17) is 5.73 Å². The Kier molecular flexibility index (Phi) is 18.7. The number of aliphatic hydroxyl groups excluding tert-OH is 5. The summed E-state index contributed by atoms with van der Waals surface area (Å²) in [6.07, 6.45) is -5.95. The van der Waals surface area contributed by atoms with Gasteiger partial charge in [0.05, 0.1) is 31.0 Å². The Hall–Kier alpha value is -3.95. The number of nitrogens with one attached hydrogen (secondary N) is 6. The van der Waals surface area contributed by atoms with Gasteiger partial charge < -0.3 is 68.3 Å². The average molecular weight is 694 g/mol. The maximum absolute atomic E-state index is 13.0. The number of hydrogen-bond donors (Lipinski definition) is 13. The third kappa shape index (κ3) is 14.4. The normalized spacial score (nSPS) is 18.2. The van der Waals surface area contributed by atoms with Gasteiger partial charge in [-0.15, -0.1) is 0 Å². The minimum atomic E-state index is -1.82. The second-order valence-electron chi connectivity index (χ2n) is 11.9. The molecule has 0 rings (SSSR count). The van der Waals surface area contributed by atoms with Gasteiger partial charge in [-0.05, 0) is 47.0 Å². The van der Waals surface area contributed by atoms with Crippen molar-refractivity contribution in [2.75, 3.05) is 6.61 Å². The van der Waals surface area contributed by atoms with Gasteiger partial charge in [-0.2, -0.15) is 0 Å². The molecule has 11 atom stereocenters. The maximum atomic E-state index is 13.0. The van der Waals surface area contributed by atoms with Crippen LogP contribution in [0.3, 0.4) is 0 Å². The molecule has 0 aromatic rings. The van der Waals surface area contributed by atoms with Gasteiger partial charge >= 0.3 is 5.97 Å². The summed E-state index contributed by atoms with van der Waals surface area (Å²) in [5.74, 6) is -7.89. The number of carbonyl (C=O) groups excluding carboxylic acids is 6. The Balaban J connectivity index is 5.67. The van der Waals surface area contributed by atoms with Crippen molar-refractivity contribution >= 4 is 41.4 Å². The topological polar surface area (TPSA) is 339 Å². The lowest BCUT2D eigenvalue weighted by Gasteiger charge is -2.28. The standard InChI is InChI=1S/C28H51N7O13/c1-10(2)8-16(28(47)48)31-22(41)11(3)30-25(44)19(13(5)38)33-23(42)17(9-36)32-26(45)20(14(6)39)35-27(46)21(15(7)40)34-24(43)18(29)12(4)37/h10-21,36-40H,8-9,29H2,1-7H3,(H,30,44)(H,31,41)(H,32,45)(H,33,42)(H,34,43)(H,35,46)(H,47,48)/t11-,12+,13+,14+,15+,16-,17-,18-,19-,20-,21-/m0/s1. The van der Waals surface area contributed by atoms with Crippen molar-refractivity contribution in [3.05, 3.63) is 0 Å². The first-order chi connectivity index (χ1) is 22.0. The molecule has 0 unspecified atom stereocenters. The van der Waals surface area contributed by atoms with Crippen LogP contribution in [-0.4, -0.2) is 145 Å². The molecule has 0 radical (unpaired) electrons. The molecular weight excluding hydrogens is 642 g/mol. The highest BCUT2D eigenvalue weighted by Crippen LogP contribution is 2.06. The van der Waals surface area contributed by atoms with E-state index in [1.54, 1.807) is 13.8 Å². The summed E-state index contributed by atoms with van der Waals surface area (Å²) in [7, 11) is 0. The van der Waals surface area contributed by atoms with E-state index < -0.39 is 115 Å². The van der Waals surface area contributed by atoms with Gasteiger partial charge in [-0.25, -0.2) is 4.79 Å². The lowest BCUT2D eigenvalue weighted by atomic mass is 10.0. The number of amides is 6. The molecule has 0 aliphatic rings. The van der Waals surface area contributed by atoms with Crippen LogP contribution in [-0.2, 0) is 33.6 Å². The van der Waals surface area contributed by atoms with E-state index in [9.17, 15) is 64.2 Å². The smallest absolute Gasteiger partial charge is 0.326 e. The van der Waals surface area contributed by atoms with Crippen molar-refractivity contribution in [2.24, 2.45) is 11.7 Å². The summed E-state index contributed by atoms with van der Waals surface area (Å²) in [6.45, 7) is 8.22. The molecule has 0 spiro atoms. The third-order valence-corrected chi connectivity index (χ3v) is 6.90. The first-order valence-corrected chi connectivity index (χ1v) is 15.2. The highest BCUT2D eigenvalue weighted by molar-refractivity contribution is 5.97. The molecule has 0 saturated carbocycles. The predicted molar refractivity (Wildman–Crippen MR) is 166 cm³/mol. The van der Waals surface area contributed by atoms with E-state index >= 15 is 0 Å². The number of carboxylic acids is 1. The number of carboxylic acid groups (broad SMARTS) is 1. The van der Waals surface area contributed by atoms with Crippen LogP contribution in [0.25, 0.3) is 0 Å². The van der Waals surface area contributed by atoms with Crippen LogP contribution in [0.4, 0.5) is 0 Å². The largest absolute Gasteiger partial charge is 0.480 e. The number of aliphatic carboxylic acids is 1. The van der Waals surface area contributed by atoms with E-state index in [1.165, 1.54) is 13.8 Å². The van der Waals surface area contributed by atoms with E-state index in [0.29, 0.717) is 0 Å². The van der Waals surface area contributed by atoms with Gasteiger partial charge in [0.15, 0.2) is 0 Å². The summed E-state index contributed by atoms with van der Waals surface area (Å²) in [6, 6.07) is -11.1. The van der Waals surface area contributed by atoms with Crippen molar-refractivity contribution < 1.29 is 64.2 Å². The van der Waals surface area contributed by atoms with Gasteiger partial charge in [0.2, 0.25) is 35.4 Å². The Morgan fingerprint density at radius 1 is 0.521 bits per heavy atom. The Morgan fingerprint density at radius 2 is 0.896 bits per heavy atom. The molecular formula is C28H51N7O13. The molecule has 0 aromatic heterocycles. The SMILES string of the molecule is CC(C)C[C@H](NC(=O)[C@H](C)NC(=O)[C@@H](NC(=O)[C@H](CO)NC(=O)[C@@H](NC(=O)[C@@H](NC(=O)[C@@H](N)[C@@H](C)O)[C@@H](C)O)[C@@H](C)O)[C@@H](C)O)C(=O)O. The van der Waals surface area contributed by atoms with Crippen LogP contribution in [0, 0.1) is 5.92 Å². The molecule has 0 aliphatic heterocycles. The van der Waals surface area contributed by atoms with Crippen molar-refractivity contribution in [1.82, 2.24) is 31.9 Å². The fourth-order valence-corrected chi connectivity index (χ4v) is 4.00. The van der Waals surface area contributed by atoms with Crippen LogP contribution >= 0.6 is 0 Å². The van der Waals surface area contributed by atoms with E-state index in [2.05, 4.69) is 31.9 Å². The predicted octanol–water partition coefficient (Wildman–Crippen LogP) is -6.11. The van der Waals surface area contributed by atoms with Gasteiger partial charge in [-0.3, -0.25) is 28.8 Å². The number of aliphatic hydroxyl groups is 5. The molecule has 0 fully saturated rings. The molecule has 6 amide bonds. The van der Waals surface area contributed by atoms with Crippen molar-refractivity contribution in [2.45, 2.75) is 122 Å². The van der Waals surface area contributed by atoms with Crippen molar-refractivity contribution in [3.63, 3.8) is 0 Å². The lowest BCUT2D eigenvalue weighted by Crippen LogP contribution is -2.64. The average Bonchev–Trinajstić information content (AvgIpc) is 2.97. The molecule has 276 valence electrons. The zero-order valence-corrected chi connectivity index (χ0v) is 28.0. The van der Waals surface area contributed by atoms with Crippen LogP contribution in [0.2, 0.25) is 0 Å². The molecule has 0 bridgehead atoms. The van der Waals surface area contributed by atoms with Crippen LogP contribution in [0.1, 0.15) is 54.9 Å². The quantitative estimate of drug-likeness (QED) is 0.0565. The fraction of sp³-hybridized carbons (Fsp3) is 0.750. The highest BCUT2D eigenvalue weighted by Gasteiger charge is 2.36. The summed E-state index contributed by atoms with van der Waals surface area (Å²) < 4.78 is 0.